The molecule has 5 nitrogen and oxygen atoms in total. The van der Waals surface area contributed by atoms with E-state index in [9.17, 15) is 4.79 Å². The Morgan fingerprint density at radius 2 is 1.86 bits per heavy atom. The summed E-state index contributed by atoms with van der Waals surface area (Å²) in [6, 6.07) is 15.9. The molecule has 0 radical (unpaired) electrons. The van der Waals surface area contributed by atoms with Gasteiger partial charge < -0.3 is 14.2 Å². The van der Waals surface area contributed by atoms with Crippen molar-refractivity contribution in [2.24, 2.45) is 0 Å². The highest BCUT2D eigenvalue weighted by atomic mass is 32.2. The van der Waals surface area contributed by atoms with Crippen molar-refractivity contribution in [3.63, 3.8) is 0 Å². The van der Waals surface area contributed by atoms with E-state index in [4.69, 9.17) is 26.4 Å². The van der Waals surface area contributed by atoms with Crippen molar-refractivity contribution in [2.45, 2.75) is 25.2 Å². The van der Waals surface area contributed by atoms with Gasteiger partial charge in [0.15, 0.2) is 11.5 Å². The van der Waals surface area contributed by atoms with Crippen LogP contribution in [0.1, 0.15) is 18.1 Å². The first-order valence-corrected chi connectivity index (χ1v) is 10.8. The predicted molar refractivity (Wildman–Crippen MR) is 120 cm³/mol. The first-order chi connectivity index (χ1) is 14.1. The van der Waals surface area contributed by atoms with Gasteiger partial charge in [-0.15, -0.1) is 0 Å². The van der Waals surface area contributed by atoms with Crippen LogP contribution in [-0.2, 0) is 22.6 Å². The quantitative estimate of drug-likeness (QED) is 0.528. The highest BCUT2D eigenvalue weighted by molar-refractivity contribution is 8.24. The van der Waals surface area contributed by atoms with Crippen LogP contribution in [0.3, 0.4) is 0 Å². The molecule has 0 spiro atoms. The Labute approximate surface area is 181 Å². The molecule has 2 aromatic carbocycles. The predicted octanol–water partition coefficient (Wildman–Crippen LogP) is 4.08. The van der Waals surface area contributed by atoms with E-state index in [2.05, 4.69) is 0 Å². The Morgan fingerprint density at radius 1 is 1.07 bits per heavy atom. The number of carbonyl (C=O) groups excluding carboxylic acids is 1. The molecular weight excluding hydrogens is 406 g/mol. The largest absolute Gasteiger partial charge is 0.490 e. The molecule has 0 unspecified atom stereocenters. The third kappa shape index (κ3) is 5.72. The number of ether oxygens (including phenoxy) is 3. The summed E-state index contributed by atoms with van der Waals surface area (Å²) >= 11 is 6.80. The molecule has 1 aliphatic heterocycles. The number of nitrogens with zero attached hydrogens (tertiary/aromatic N) is 1. The van der Waals surface area contributed by atoms with E-state index >= 15 is 0 Å². The van der Waals surface area contributed by atoms with Gasteiger partial charge in [-0.05, 0) is 36.6 Å². The van der Waals surface area contributed by atoms with Crippen LogP contribution in [0.2, 0.25) is 0 Å². The monoisotopic (exact) mass is 431 g/mol. The Balaban J connectivity index is 1.68. The molecule has 0 N–H and O–H groups in total. The van der Waals surface area contributed by atoms with Crippen LogP contribution in [0.15, 0.2) is 48.5 Å². The Kier molecular flexibility index (Phi) is 7.91. The highest BCUT2D eigenvalue weighted by Crippen LogP contribution is 2.33. The van der Waals surface area contributed by atoms with Gasteiger partial charge in [-0.25, -0.2) is 0 Å². The summed E-state index contributed by atoms with van der Waals surface area (Å²) in [7, 11) is 1.62. The minimum absolute atomic E-state index is 0.0411. The average Bonchev–Trinajstić information content (AvgIpc) is 2.99. The van der Waals surface area contributed by atoms with E-state index in [0.717, 1.165) is 11.1 Å². The van der Waals surface area contributed by atoms with Crippen molar-refractivity contribution in [1.29, 1.82) is 0 Å². The topological polar surface area (TPSA) is 48.0 Å². The van der Waals surface area contributed by atoms with Gasteiger partial charge in [-0.3, -0.25) is 9.69 Å². The molecule has 29 heavy (non-hydrogen) atoms. The molecule has 1 atom stereocenters. The fourth-order valence-corrected chi connectivity index (χ4v) is 4.61. The molecule has 0 bridgehead atoms. The van der Waals surface area contributed by atoms with Crippen molar-refractivity contribution in [1.82, 2.24) is 4.90 Å². The second kappa shape index (κ2) is 10.6. The first kappa shape index (κ1) is 21.6. The molecule has 2 aromatic rings. The standard InChI is InChI=1S/C22H25NO4S2/c1-3-26-19-13-17(9-10-18(19)27-15-16-7-5-4-6-8-16)14-20-21(24)23(11-12-25-2)22(28)29-20/h4-10,13,20H,3,11-12,14-15H2,1-2H3/t20-/m0/s1. The molecule has 0 saturated carbocycles. The second-order valence-corrected chi connectivity index (χ2v) is 8.38. The third-order valence-corrected chi connectivity index (χ3v) is 6.07. The van der Waals surface area contributed by atoms with E-state index in [1.165, 1.54) is 11.8 Å². The van der Waals surface area contributed by atoms with Gasteiger partial charge in [0.2, 0.25) is 5.91 Å². The smallest absolute Gasteiger partial charge is 0.242 e. The molecule has 1 fully saturated rings. The van der Waals surface area contributed by atoms with Crippen LogP contribution in [0.25, 0.3) is 0 Å². The lowest BCUT2D eigenvalue weighted by molar-refractivity contribution is -0.126. The zero-order valence-corrected chi connectivity index (χ0v) is 18.3. The second-order valence-electron chi connectivity index (χ2n) is 6.55. The normalized spacial score (nSPS) is 16.3. The van der Waals surface area contributed by atoms with Crippen molar-refractivity contribution in [3.05, 3.63) is 59.7 Å². The van der Waals surface area contributed by atoms with Crippen LogP contribution in [-0.4, -0.2) is 47.2 Å². The fraction of sp³-hybridized carbons (Fsp3) is 0.364. The number of rotatable bonds is 10. The van der Waals surface area contributed by atoms with Crippen molar-refractivity contribution in [3.8, 4) is 11.5 Å². The molecule has 7 heteroatoms. The zero-order valence-electron chi connectivity index (χ0n) is 16.6. The number of carbonyl (C=O) groups is 1. The molecule has 0 aromatic heterocycles. The van der Waals surface area contributed by atoms with E-state index < -0.39 is 0 Å². The Hall–Kier alpha value is -2.09. The van der Waals surface area contributed by atoms with E-state index in [1.807, 2.05) is 55.5 Å². The van der Waals surface area contributed by atoms with Gasteiger partial charge in [0.1, 0.15) is 10.9 Å². The summed E-state index contributed by atoms with van der Waals surface area (Å²) in [5.41, 5.74) is 2.11. The summed E-state index contributed by atoms with van der Waals surface area (Å²) in [6.45, 7) is 3.92. The SMILES string of the molecule is CCOc1cc(C[C@@H]2SC(=S)N(CCOC)C2=O)ccc1OCc1ccccc1. The number of thioether (sulfide) groups is 1. The number of hydrogen-bond acceptors (Lipinski definition) is 6. The number of amides is 1. The van der Waals surface area contributed by atoms with Crippen LogP contribution in [0.4, 0.5) is 0 Å². The van der Waals surface area contributed by atoms with Crippen molar-refractivity contribution in [2.75, 3.05) is 26.9 Å². The first-order valence-electron chi connectivity index (χ1n) is 9.55. The number of thiocarbonyl (C=S) groups is 1. The Bertz CT molecular complexity index is 844. The van der Waals surface area contributed by atoms with Crippen LogP contribution >= 0.6 is 24.0 Å². The maximum atomic E-state index is 12.7. The fourth-order valence-electron chi connectivity index (χ4n) is 3.03. The lowest BCUT2D eigenvalue weighted by Gasteiger charge is -2.16. The average molecular weight is 432 g/mol. The van der Waals surface area contributed by atoms with Gasteiger partial charge >= 0.3 is 0 Å². The van der Waals surface area contributed by atoms with E-state index in [0.29, 0.717) is 48.6 Å². The minimum Gasteiger partial charge on any atom is -0.490 e. The van der Waals surface area contributed by atoms with Crippen LogP contribution in [0, 0.1) is 0 Å². The lowest BCUT2D eigenvalue weighted by atomic mass is 10.1. The molecule has 1 saturated heterocycles. The maximum Gasteiger partial charge on any atom is 0.242 e. The molecular formula is C22H25NO4S2. The molecule has 154 valence electrons. The van der Waals surface area contributed by atoms with Gasteiger partial charge in [0.05, 0.1) is 25.0 Å². The number of methoxy groups -OCH3 is 1. The molecule has 0 aliphatic carbocycles. The molecule has 3 rings (SSSR count). The van der Waals surface area contributed by atoms with Crippen molar-refractivity contribution < 1.29 is 19.0 Å². The van der Waals surface area contributed by atoms with Gasteiger partial charge in [-0.2, -0.15) is 0 Å². The van der Waals surface area contributed by atoms with Gasteiger partial charge in [0.25, 0.3) is 0 Å². The lowest BCUT2D eigenvalue weighted by Crippen LogP contribution is -2.34. The zero-order chi connectivity index (χ0) is 20.6. The molecule has 1 aliphatic rings. The summed E-state index contributed by atoms with van der Waals surface area (Å²) < 4.78 is 17.4. The number of hydrogen-bond donors (Lipinski definition) is 0. The van der Waals surface area contributed by atoms with Crippen molar-refractivity contribution >= 4 is 34.2 Å². The highest BCUT2D eigenvalue weighted by Gasteiger charge is 2.36. The van der Waals surface area contributed by atoms with Crippen LogP contribution in [0.5, 0.6) is 11.5 Å². The maximum absolute atomic E-state index is 12.7. The summed E-state index contributed by atoms with van der Waals surface area (Å²) in [4.78, 5) is 14.3. The molecule has 1 amide bonds. The molecule has 1 heterocycles. The summed E-state index contributed by atoms with van der Waals surface area (Å²) in [5.74, 6) is 1.43. The summed E-state index contributed by atoms with van der Waals surface area (Å²) in [5, 5.41) is -0.218. The minimum atomic E-state index is -0.218. The third-order valence-electron chi connectivity index (χ3n) is 4.49. The summed E-state index contributed by atoms with van der Waals surface area (Å²) in [6.07, 6.45) is 0.589. The van der Waals surface area contributed by atoms with E-state index in [-0.39, 0.29) is 11.2 Å². The Morgan fingerprint density at radius 3 is 2.59 bits per heavy atom. The van der Waals surface area contributed by atoms with Gasteiger partial charge in [0, 0.05) is 7.11 Å². The van der Waals surface area contributed by atoms with Crippen LogP contribution < -0.4 is 9.47 Å². The van der Waals surface area contributed by atoms with Gasteiger partial charge in [-0.1, -0.05) is 60.4 Å². The number of benzene rings is 2. The van der Waals surface area contributed by atoms with E-state index in [1.54, 1.807) is 12.0 Å².